The van der Waals surface area contributed by atoms with Gasteiger partial charge in [-0.2, -0.15) is 31.4 Å². The van der Waals surface area contributed by atoms with E-state index in [0.29, 0.717) is 10.7 Å². The van der Waals surface area contributed by atoms with Crippen molar-refractivity contribution in [1.29, 1.82) is 0 Å². The van der Waals surface area contributed by atoms with Crippen LogP contribution in [-0.4, -0.2) is 33.1 Å². The lowest BCUT2D eigenvalue weighted by Gasteiger charge is -2.27. The van der Waals surface area contributed by atoms with Crippen LogP contribution in [0.5, 0.6) is 17.2 Å². The van der Waals surface area contributed by atoms with Gasteiger partial charge in [0.1, 0.15) is 28.8 Å². The van der Waals surface area contributed by atoms with E-state index < -0.39 is 63.5 Å². The average molecular weight is 606 g/mol. The first-order valence-electron chi connectivity index (χ1n) is 9.97. The predicted octanol–water partition coefficient (Wildman–Crippen LogP) is 7.79. The van der Waals surface area contributed by atoms with Crippen molar-refractivity contribution in [3.05, 3.63) is 62.0 Å². The highest BCUT2D eigenvalue weighted by molar-refractivity contribution is 6.34. The second-order valence-electron chi connectivity index (χ2n) is 7.76. The standard InChI is InChI=1S/C22H10Cl3F7N2O4/c1-34-18(21(27,28)29)16(25)17(33-34)8-4-14(11(24)5-12(8)26)37-15-6-13-7(3-10(15)23)2-9(20(35)36)19(38-13)22(30,31)32/h2-6,19H,1H3,(H,35,36). The summed E-state index contributed by atoms with van der Waals surface area (Å²) in [5.74, 6) is -4.12. The summed E-state index contributed by atoms with van der Waals surface area (Å²) in [4.78, 5) is 11.3. The number of hydrogen-bond acceptors (Lipinski definition) is 4. The predicted molar refractivity (Wildman–Crippen MR) is 121 cm³/mol. The van der Waals surface area contributed by atoms with Crippen LogP contribution in [0.3, 0.4) is 0 Å². The van der Waals surface area contributed by atoms with Crippen LogP contribution in [0.25, 0.3) is 17.3 Å². The van der Waals surface area contributed by atoms with Gasteiger partial charge in [0.2, 0.25) is 6.10 Å². The van der Waals surface area contributed by atoms with Crippen LogP contribution in [0.4, 0.5) is 30.7 Å². The lowest BCUT2D eigenvalue weighted by atomic mass is 10.0. The first-order chi connectivity index (χ1) is 17.5. The maximum Gasteiger partial charge on any atom is 0.434 e. The average Bonchev–Trinajstić information content (AvgIpc) is 3.08. The molecule has 1 aliphatic rings. The molecule has 0 amide bonds. The van der Waals surface area contributed by atoms with E-state index in [1.165, 1.54) is 0 Å². The van der Waals surface area contributed by atoms with Gasteiger partial charge in [0.15, 0.2) is 5.69 Å². The van der Waals surface area contributed by atoms with Crippen molar-refractivity contribution < 1.29 is 50.1 Å². The Bertz CT molecular complexity index is 1500. The van der Waals surface area contributed by atoms with Crippen molar-refractivity contribution >= 4 is 46.8 Å². The molecule has 1 atom stereocenters. The van der Waals surface area contributed by atoms with Crippen molar-refractivity contribution in [2.24, 2.45) is 7.05 Å². The Morgan fingerprint density at radius 2 is 1.66 bits per heavy atom. The number of aromatic nitrogens is 2. The van der Waals surface area contributed by atoms with Crippen LogP contribution in [0, 0.1) is 5.82 Å². The van der Waals surface area contributed by atoms with Gasteiger partial charge in [0.05, 0.1) is 20.6 Å². The minimum Gasteiger partial charge on any atom is -0.478 e. The van der Waals surface area contributed by atoms with E-state index in [2.05, 4.69) is 5.10 Å². The number of nitrogens with zero attached hydrogens (tertiary/aromatic N) is 2. The van der Waals surface area contributed by atoms with Gasteiger partial charge >= 0.3 is 18.3 Å². The molecular weight excluding hydrogens is 596 g/mol. The number of rotatable bonds is 4. The van der Waals surface area contributed by atoms with Crippen molar-refractivity contribution in [2.45, 2.75) is 18.5 Å². The van der Waals surface area contributed by atoms with Crippen LogP contribution in [-0.2, 0) is 18.0 Å². The quantitative estimate of drug-likeness (QED) is 0.308. The number of halogens is 10. The number of carboxylic acids is 1. The minimum atomic E-state index is -5.07. The van der Waals surface area contributed by atoms with E-state index in [4.69, 9.17) is 49.4 Å². The molecule has 0 spiro atoms. The number of carboxylic acid groups (broad SMARTS) is 1. The Kier molecular flexibility index (Phi) is 7.00. The lowest BCUT2D eigenvalue weighted by Crippen LogP contribution is -2.40. The number of ether oxygens (including phenoxy) is 2. The maximum absolute atomic E-state index is 14.7. The number of carbonyl (C=O) groups is 1. The molecular formula is C22H10Cl3F7N2O4. The Morgan fingerprint density at radius 1 is 1.05 bits per heavy atom. The zero-order valence-electron chi connectivity index (χ0n) is 18.3. The number of benzene rings is 2. The van der Waals surface area contributed by atoms with Gasteiger partial charge in [-0.05, 0) is 24.3 Å². The minimum absolute atomic E-state index is 0.105. The Morgan fingerprint density at radius 3 is 2.21 bits per heavy atom. The smallest absolute Gasteiger partial charge is 0.434 e. The van der Waals surface area contributed by atoms with E-state index in [-0.39, 0.29) is 27.1 Å². The lowest BCUT2D eigenvalue weighted by molar-refractivity contribution is -0.187. The van der Waals surface area contributed by atoms with E-state index in [0.717, 1.165) is 31.3 Å². The topological polar surface area (TPSA) is 73.6 Å². The molecule has 0 aliphatic carbocycles. The highest BCUT2D eigenvalue weighted by Crippen LogP contribution is 2.45. The Labute approximate surface area is 222 Å². The number of aryl methyl sites for hydroxylation is 1. The first-order valence-corrected chi connectivity index (χ1v) is 11.1. The van der Waals surface area contributed by atoms with Crippen LogP contribution < -0.4 is 9.47 Å². The molecule has 1 aliphatic heterocycles. The van der Waals surface area contributed by atoms with Gasteiger partial charge in [0, 0.05) is 24.2 Å². The Hall–Kier alpha value is -3.16. The van der Waals surface area contributed by atoms with Gasteiger partial charge < -0.3 is 14.6 Å². The summed E-state index contributed by atoms with van der Waals surface area (Å²) < 4.78 is 106. The third kappa shape index (κ3) is 5.09. The number of hydrogen-bond donors (Lipinski definition) is 1. The maximum atomic E-state index is 14.7. The molecule has 6 nitrogen and oxygen atoms in total. The molecule has 4 rings (SSSR count). The molecule has 1 unspecified atom stereocenters. The van der Waals surface area contributed by atoms with E-state index in [9.17, 15) is 35.5 Å². The summed E-state index contributed by atoms with van der Waals surface area (Å²) in [5, 5.41) is 11.3. The number of fused-ring (bicyclic) bond motifs is 1. The largest absolute Gasteiger partial charge is 0.478 e. The fraction of sp³-hybridized carbons (Fsp3) is 0.182. The molecule has 0 saturated heterocycles. The Balaban J connectivity index is 1.77. The molecule has 2 heterocycles. The SMILES string of the molecule is Cn1nc(-c2cc(Oc3cc4c(cc3Cl)C=C(C(=O)O)C(C(F)(F)F)O4)c(Cl)cc2F)c(Cl)c1C(F)(F)F. The van der Waals surface area contributed by atoms with Crippen molar-refractivity contribution in [3.8, 4) is 28.5 Å². The van der Waals surface area contributed by atoms with Gasteiger partial charge in [-0.25, -0.2) is 9.18 Å². The summed E-state index contributed by atoms with van der Waals surface area (Å²) in [7, 11) is 0.953. The molecule has 0 bridgehead atoms. The molecule has 2 aromatic carbocycles. The van der Waals surface area contributed by atoms with Gasteiger partial charge in [0.25, 0.3) is 0 Å². The van der Waals surface area contributed by atoms with Crippen LogP contribution in [0.1, 0.15) is 11.3 Å². The highest BCUT2D eigenvalue weighted by Gasteiger charge is 2.48. The summed E-state index contributed by atoms with van der Waals surface area (Å²) >= 11 is 18.0. The molecule has 0 radical (unpaired) electrons. The summed E-state index contributed by atoms with van der Waals surface area (Å²) in [6.45, 7) is 0. The third-order valence-electron chi connectivity index (χ3n) is 5.20. The summed E-state index contributed by atoms with van der Waals surface area (Å²) in [6, 6.07) is 3.56. The molecule has 202 valence electrons. The van der Waals surface area contributed by atoms with E-state index in [1.54, 1.807) is 0 Å². The molecule has 16 heteroatoms. The van der Waals surface area contributed by atoms with Gasteiger partial charge in [-0.3, -0.25) is 4.68 Å². The number of alkyl halides is 6. The monoisotopic (exact) mass is 604 g/mol. The fourth-order valence-corrected chi connectivity index (χ4v) is 4.35. The zero-order valence-corrected chi connectivity index (χ0v) is 20.6. The van der Waals surface area contributed by atoms with Crippen LogP contribution in [0.15, 0.2) is 29.8 Å². The second-order valence-corrected chi connectivity index (χ2v) is 8.95. The summed E-state index contributed by atoms with van der Waals surface area (Å²) in [5.41, 5.74) is -3.64. The molecule has 38 heavy (non-hydrogen) atoms. The first kappa shape index (κ1) is 27.9. The normalized spacial score (nSPS) is 15.6. The molecule has 1 N–H and O–H groups in total. The fourth-order valence-electron chi connectivity index (χ4n) is 3.58. The molecule has 1 aromatic heterocycles. The molecule has 0 fully saturated rings. The summed E-state index contributed by atoms with van der Waals surface area (Å²) in [6.07, 6.45) is -12.0. The molecule has 0 saturated carbocycles. The van der Waals surface area contributed by atoms with Crippen molar-refractivity contribution in [3.63, 3.8) is 0 Å². The van der Waals surface area contributed by atoms with E-state index in [1.807, 2.05) is 0 Å². The van der Waals surface area contributed by atoms with Gasteiger partial charge in [-0.1, -0.05) is 34.8 Å². The second kappa shape index (κ2) is 9.54. The number of aliphatic carboxylic acids is 1. The van der Waals surface area contributed by atoms with Gasteiger partial charge in [-0.15, -0.1) is 0 Å². The third-order valence-corrected chi connectivity index (χ3v) is 6.15. The van der Waals surface area contributed by atoms with Crippen molar-refractivity contribution in [1.82, 2.24) is 9.78 Å². The van der Waals surface area contributed by atoms with Crippen molar-refractivity contribution in [2.75, 3.05) is 0 Å². The van der Waals surface area contributed by atoms with E-state index >= 15 is 0 Å². The van der Waals surface area contributed by atoms with Crippen LogP contribution >= 0.6 is 34.8 Å². The zero-order chi connectivity index (χ0) is 28.3. The van der Waals surface area contributed by atoms with Crippen LogP contribution in [0.2, 0.25) is 15.1 Å². The highest BCUT2D eigenvalue weighted by atomic mass is 35.5. The molecule has 3 aromatic rings.